The van der Waals surface area contributed by atoms with Crippen molar-refractivity contribution < 1.29 is 9.53 Å². The van der Waals surface area contributed by atoms with E-state index in [1.807, 2.05) is 42.5 Å². The van der Waals surface area contributed by atoms with Gasteiger partial charge in [0.1, 0.15) is 5.75 Å². The molecule has 0 unspecified atom stereocenters. The molecule has 2 aliphatic rings. The first kappa shape index (κ1) is 19.2. The number of nitrogens with zero attached hydrogens (tertiary/aromatic N) is 1. The van der Waals surface area contributed by atoms with Gasteiger partial charge in [0, 0.05) is 23.1 Å². The summed E-state index contributed by atoms with van der Waals surface area (Å²) in [6.07, 6.45) is 6.57. The van der Waals surface area contributed by atoms with Crippen LogP contribution in [0, 0.1) is 19.8 Å². The number of ketones is 1. The number of aryl methyl sites for hydroxylation is 2. The molecule has 0 aliphatic carbocycles. The van der Waals surface area contributed by atoms with Crippen LogP contribution in [0.3, 0.4) is 0 Å². The van der Waals surface area contributed by atoms with Gasteiger partial charge in [0.15, 0.2) is 5.78 Å². The molecule has 0 radical (unpaired) electrons. The SMILES string of the molecule is Cc1cc(C(=O)c2ccccc2)cc(C)c1OC[C@@H]1CCCN2CCCC[C@H]12. The molecule has 0 saturated carbocycles. The number of rotatable bonds is 5. The largest absolute Gasteiger partial charge is 0.493 e. The van der Waals surface area contributed by atoms with E-state index in [0.29, 0.717) is 12.0 Å². The lowest BCUT2D eigenvalue weighted by molar-refractivity contribution is 0.0363. The van der Waals surface area contributed by atoms with Gasteiger partial charge in [-0.25, -0.2) is 0 Å². The molecule has 2 aromatic rings. The number of carbonyl (C=O) groups is 1. The first-order valence-corrected chi connectivity index (χ1v) is 10.7. The summed E-state index contributed by atoms with van der Waals surface area (Å²) in [4.78, 5) is 15.5. The Morgan fingerprint density at radius 2 is 1.68 bits per heavy atom. The number of fused-ring (bicyclic) bond motifs is 1. The van der Waals surface area contributed by atoms with E-state index < -0.39 is 0 Å². The topological polar surface area (TPSA) is 29.5 Å². The fraction of sp³-hybridized carbons (Fsp3) is 0.480. The minimum Gasteiger partial charge on any atom is -0.493 e. The van der Waals surface area contributed by atoms with Crippen LogP contribution in [-0.4, -0.2) is 36.4 Å². The average molecular weight is 378 g/mol. The Morgan fingerprint density at radius 1 is 0.964 bits per heavy atom. The summed E-state index contributed by atoms with van der Waals surface area (Å²) in [6.45, 7) is 7.41. The second-order valence-corrected chi connectivity index (χ2v) is 8.45. The van der Waals surface area contributed by atoms with Crippen LogP contribution in [0.15, 0.2) is 42.5 Å². The van der Waals surface area contributed by atoms with E-state index in [1.165, 1.54) is 45.2 Å². The molecule has 0 N–H and O–H groups in total. The number of hydrogen-bond donors (Lipinski definition) is 0. The molecule has 0 aromatic heterocycles. The van der Waals surface area contributed by atoms with Crippen molar-refractivity contribution >= 4 is 5.78 Å². The van der Waals surface area contributed by atoms with Crippen LogP contribution in [0.2, 0.25) is 0 Å². The van der Waals surface area contributed by atoms with Gasteiger partial charge in [-0.1, -0.05) is 36.8 Å². The van der Waals surface area contributed by atoms with Gasteiger partial charge in [0.2, 0.25) is 0 Å². The minimum absolute atomic E-state index is 0.0727. The molecule has 2 aliphatic heterocycles. The number of piperidine rings is 2. The number of hydrogen-bond acceptors (Lipinski definition) is 3. The van der Waals surface area contributed by atoms with Crippen molar-refractivity contribution in [2.24, 2.45) is 5.92 Å². The van der Waals surface area contributed by atoms with E-state index in [9.17, 15) is 4.79 Å². The molecule has 4 rings (SSSR count). The standard InChI is InChI=1S/C25H31NO2/c1-18-15-22(24(27)20-9-4-3-5-10-20)16-19(2)25(18)28-17-21-11-8-14-26-13-7-6-12-23(21)26/h3-5,9-10,15-16,21,23H,6-8,11-14,17H2,1-2H3/t21-,23+/m0/s1. The van der Waals surface area contributed by atoms with Gasteiger partial charge in [-0.05, 0) is 75.9 Å². The molecular weight excluding hydrogens is 346 g/mol. The summed E-state index contributed by atoms with van der Waals surface area (Å²) in [5, 5.41) is 0. The van der Waals surface area contributed by atoms with Crippen LogP contribution in [0.25, 0.3) is 0 Å². The van der Waals surface area contributed by atoms with Crippen molar-refractivity contribution in [2.75, 3.05) is 19.7 Å². The lowest BCUT2D eigenvalue weighted by Gasteiger charge is -2.44. The highest BCUT2D eigenvalue weighted by Crippen LogP contribution is 2.33. The molecule has 0 amide bonds. The van der Waals surface area contributed by atoms with Gasteiger partial charge in [0.25, 0.3) is 0 Å². The van der Waals surface area contributed by atoms with E-state index in [4.69, 9.17) is 4.74 Å². The molecule has 2 saturated heterocycles. The third-order valence-corrected chi connectivity index (χ3v) is 6.43. The van der Waals surface area contributed by atoms with Crippen molar-refractivity contribution in [1.29, 1.82) is 0 Å². The predicted molar refractivity (Wildman–Crippen MR) is 113 cm³/mol. The van der Waals surface area contributed by atoms with Crippen LogP contribution < -0.4 is 4.74 Å². The van der Waals surface area contributed by atoms with Crippen LogP contribution in [0.4, 0.5) is 0 Å². The summed E-state index contributed by atoms with van der Waals surface area (Å²) in [7, 11) is 0. The van der Waals surface area contributed by atoms with Crippen LogP contribution in [0.1, 0.15) is 59.2 Å². The fourth-order valence-electron chi connectivity index (χ4n) is 5.03. The van der Waals surface area contributed by atoms with Gasteiger partial charge >= 0.3 is 0 Å². The van der Waals surface area contributed by atoms with Gasteiger partial charge < -0.3 is 4.74 Å². The van der Waals surface area contributed by atoms with E-state index in [2.05, 4.69) is 18.7 Å². The Labute approximate surface area is 168 Å². The molecule has 2 heterocycles. The van der Waals surface area contributed by atoms with Gasteiger partial charge in [-0.15, -0.1) is 0 Å². The Bertz CT molecular complexity index is 805. The molecule has 2 aromatic carbocycles. The minimum atomic E-state index is 0.0727. The highest BCUT2D eigenvalue weighted by molar-refractivity contribution is 6.09. The fourth-order valence-corrected chi connectivity index (χ4v) is 5.03. The van der Waals surface area contributed by atoms with E-state index in [1.54, 1.807) is 0 Å². The molecule has 0 bridgehead atoms. The van der Waals surface area contributed by atoms with Gasteiger partial charge in [0.05, 0.1) is 6.61 Å². The Balaban J connectivity index is 1.47. The molecule has 148 valence electrons. The van der Waals surface area contributed by atoms with E-state index >= 15 is 0 Å². The molecule has 2 fully saturated rings. The van der Waals surface area contributed by atoms with E-state index in [0.717, 1.165) is 34.6 Å². The van der Waals surface area contributed by atoms with Crippen LogP contribution >= 0.6 is 0 Å². The Kier molecular flexibility index (Phi) is 5.82. The lowest BCUT2D eigenvalue weighted by Crippen LogP contribution is -2.49. The maximum Gasteiger partial charge on any atom is 0.193 e. The van der Waals surface area contributed by atoms with Crippen LogP contribution in [0.5, 0.6) is 5.75 Å². The summed E-state index contributed by atoms with van der Waals surface area (Å²) >= 11 is 0. The van der Waals surface area contributed by atoms with Crippen molar-refractivity contribution in [3.63, 3.8) is 0 Å². The van der Waals surface area contributed by atoms with E-state index in [-0.39, 0.29) is 5.78 Å². The predicted octanol–water partition coefficient (Wildman–Crippen LogP) is 5.18. The third-order valence-electron chi connectivity index (χ3n) is 6.43. The third kappa shape index (κ3) is 4.00. The quantitative estimate of drug-likeness (QED) is 0.673. The summed E-state index contributed by atoms with van der Waals surface area (Å²) < 4.78 is 6.36. The smallest absolute Gasteiger partial charge is 0.193 e. The number of ether oxygens (including phenoxy) is 1. The van der Waals surface area contributed by atoms with Crippen molar-refractivity contribution in [2.45, 2.75) is 52.0 Å². The van der Waals surface area contributed by atoms with Crippen molar-refractivity contribution in [1.82, 2.24) is 4.90 Å². The summed E-state index contributed by atoms with van der Waals surface area (Å²) in [5.41, 5.74) is 3.57. The first-order chi connectivity index (χ1) is 13.6. The molecular formula is C25H31NO2. The number of carbonyl (C=O) groups excluding carboxylic acids is 1. The molecule has 28 heavy (non-hydrogen) atoms. The summed E-state index contributed by atoms with van der Waals surface area (Å²) in [5.74, 6) is 1.65. The highest BCUT2D eigenvalue weighted by Gasteiger charge is 2.33. The van der Waals surface area contributed by atoms with Crippen LogP contribution in [-0.2, 0) is 0 Å². The summed E-state index contributed by atoms with van der Waals surface area (Å²) in [6, 6.07) is 14.1. The second kappa shape index (κ2) is 8.48. The maximum absolute atomic E-state index is 12.8. The second-order valence-electron chi connectivity index (χ2n) is 8.45. The zero-order valence-corrected chi connectivity index (χ0v) is 17.1. The first-order valence-electron chi connectivity index (χ1n) is 10.7. The van der Waals surface area contributed by atoms with Crippen molar-refractivity contribution in [3.05, 3.63) is 64.7 Å². The maximum atomic E-state index is 12.8. The lowest BCUT2D eigenvalue weighted by atomic mass is 9.84. The molecule has 2 atom stereocenters. The Morgan fingerprint density at radius 3 is 2.43 bits per heavy atom. The normalized spacial score (nSPS) is 22.5. The molecule has 0 spiro atoms. The highest BCUT2D eigenvalue weighted by atomic mass is 16.5. The van der Waals surface area contributed by atoms with Gasteiger partial charge in [-0.2, -0.15) is 0 Å². The zero-order chi connectivity index (χ0) is 19.5. The zero-order valence-electron chi connectivity index (χ0n) is 17.1. The Hall–Kier alpha value is -2.13. The number of benzene rings is 2. The molecule has 3 heteroatoms. The molecule has 3 nitrogen and oxygen atoms in total. The van der Waals surface area contributed by atoms with Gasteiger partial charge in [-0.3, -0.25) is 9.69 Å². The van der Waals surface area contributed by atoms with Crippen molar-refractivity contribution in [3.8, 4) is 5.75 Å². The monoisotopic (exact) mass is 377 g/mol. The average Bonchev–Trinajstić information content (AvgIpc) is 2.73.